The number of hydrogen-bond acceptors (Lipinski definition) is 5. The summed E-state index contributed by atoms with van der Waals surface area (Å²) in [5.74, 6) is -0.126. The van der Waals surface area contributed by atoms with Gasteiger partial charge in [-0.3, -0.25) is 14.3 Å². The first-order valence-electron chi connectivity index (χ1n) is 6.80. The number of anilines is 1. The Labute approximate surface area is 130 Å². The van der Waals surface area contributed by atoms with Crippen molar-refractivity contribution in [3.8, 4) is 0 Å². The molecule has 0 unspecified atom stereocenters. The highest BCUT2D eigenvalue weighted by atomic mass is 32.1. The standard InChI is InChI=1S/C15H14N4O2S/c1-10-9-22-15(17-10)18-14(21)6-7-19-12-5-3-2-4-11(12)13(20)8-16-19/h2-5,8-9H,6-7H2,1H3,(H,17,18,21). The lowest BCUT2D eigenvalue weighted by atomic mass is 10.2. The van der Waals surface area contributed by atoms with Gasteiger partial charge in [0.1, 0.15) is 0 Å². The van der Waals surface area contributed by atoms with Crippen LogP contribution in [0.2, 0.25) is 0 Å². The molecule has 22 heavy (non-hydrogen) atoms. The third kappa shape index (κ3) is 3.04. The van der Waals surface area contributed by atoms with E-state index in [0.717, 1.165) is 11.2 Å². The molecule has 1 N–H and O–H groups in total. The largest absolute Gasteiger partial charge is 0.302 e. The van der Waals surface area contributed by atoms with Gasteiger partial charge in [-0.2, -0.15) is 5.10 Å². The lowest BCUT2D eigenvalue weighted by molar-refractivity contribution is -0.116. The molecule has 2 heterocycles. The van der Waals surface area contributed by atoms with Crippen LogP contribution in [0.15, 0.2) is 40.6 Å². The van der Waals surface area contributed by atoms with Crippen LogP contribution in [-0.4, -0.2) is 20.7 Å². The minimum absolute atomic E-state index is 0.116. The summed E-state index contributed by atoms with van der Waals surface area (Å²) in [6, 6.07) is 7.24. The Hall–Kier alpha value is -2.54. The second-order valence-electron chi connectivity index (χ2n) is 4.84. The minimum atomic E-state index is -0.126. The molecule has 3 aromatic rings. The number of nitrogens with one attached hydrogen (secondary N) is 1. The van der Waals surface area contributed by atoms with Crippen molar-refractivity contribution >= 4 is 33.3 Å². The monoisotopic (exact) mass is 314 g/mol. The third-order valence-electron chi connectivity index (χ3n) is 3.18. The molecule has 112 valence electrons. The van der Waals surface area contributed by atoms with Crippen molar-refractivity contribution in [2.75, 3.05) is 5.32 Å². The number of para-hydroxylation sites is 1. The van der Waals surface area contributed by atoms with Crippen LogP contribution in [-0.2, 0) is 11.3 Å². The van der Waals surface area contributed by atoms with Crippen molar-refractivity contribution in [2.45, 2.75) is 19.9 Å². The Bertz CT molecular complexity index is 884. The smallest absolute Gasteiger partial charge is 0.228 e. The zero-order valence-electron chi connectivity index (χ0n) is 11.9. The third-order valence-corrected chi connectivity index (χ3v) is 4.05. The Kier molecular flexibility index (Phi) is 3.97. The number of carbonyl (C=O) groups is 1. The first kappa shape index (κ1) is 14.4. The van der Waals surface area contributed by atoms with Gasteiger partial charge >= 0.3 is 0 Å². The highest BCUT2D eigenvalue weighted by molar-refractivity contribution is 7.13. The number of hydrogen-bond donors (Lipinski definition) is 1. The average Bonchev–Trinajstić information content (AvgIpc) is 2.92. The fraction of sp³-hybridized carbons (Fsp3) is 0.200. The molecule has 0 atom stereocenters. The second-order valence-corrected chi connectivity index (χ2v) is 5.70. The first-order chi connectivity index (χ1) is 10.6. The van der Waals surface area contributed by atoms with Gasteiger partial charge in [-0.1, -0.05) is 12.1 Å². The van der Waals surface area contributed by atoms with E-state index in [1.165, 1.54) is 17.5 Å². The van der Waals surface area contributed by atoms with Crippen molar-refractivity contribution in [2.24, 2.45) is 0 Å². The predicted octanol–water partition coefficient (Wildman–Crippen LogP) is 2.19. The molecule has 0 radical (unpaired) electrons. The maximum Gasteiger partial charge on any atom is 0.228 e. The predicted molar refractivity (Wildman–Crippen MR) is 86.1 cm³/mol. The summed E-state index contributed by atoms with van der Waals surface area (Å²) in [5.41, 5.74) is 1.50. The van der Waals surface area contributed by atoms with E-state index in [1.807, 2.05) is 30.5 Å². The highest BCUT2D eigenvalue weighted by Crippen LogP contribution is 2.15. The van der Waals surface area contributed by atoms with Gasteiger partial charge in [0.15, 0.2) is 5.13 Å². The van der Waals surface area contributed by atoms with Crippen LogP contribution >= 0.6 is 11.3 Å². The zero-order valence-corrected chi connectivity index (χ0v) is 12.8. The molecule has 0 fully saturated rings. The van der Waals surface area contributed by atoms with Crippen LogP contribution in [0.1, 0.15) is 12.1 Å². The van der Waals surface area contributed by atoms with Crippen molar-refractivity contribution in [3.05, 3.63) is 51.8 Å². The number of aryl methyl sites for hydroxylation is 2. The maximum atomic E-state index is 12.0. The second kappa shape index (κ2) is 6.07. The lowest BCUT2D eigenvalue weighted by Crippen LogP contribution is -2.17. The van der Waals surface area contributed by atoms with Crippen LogP contribution in [0.4, 0.5) is 5.13 Å². The van der Waals surface area contributed by atoms with E-state index in [2.05, 4.69) is 15.4 Å². The average molecular weight is 314 g/mol. The molecule has 0 aliphatic rings. The fourth-order valence-electron chi connectivity index (χ4n) is 2.14. The maximum absolute atomic E-state index is 12.0. The highest BCUT2D eigenvalue weighted by Gasteiger charge is 2.08. The van der Waals surface area contributed by atoms with Gasteiger partial charge in [0.2, 0.25) is 11.3 Å². The first-order valence-corrected chi connectivity index (χ1v) is 7.68. The van der Waals surface area contributed by atoms with E-state index in [-0.39, 0.29) is 17.8 Å². The van der Waals surface area contributed by atoms with Crippen LogP contribution in [0.25, 0.3) is 10.9 Å². The summed E-state index contributed by atoms with van der Waals surface area (Å²) in [7, 11) is 0. The summed E-state index contributed by atoms with van der Waals surface area (Å²) in [6.45, 7) is 2.28. The van der Waals surface area contributed by atoms with E-state index in [4.69, 9.17) is 0 Å². The van der Waals surface area contributed by atoms with Crippen LogP contribution in [0.3, 0.4) is 0 Å². The number of aromatic nitrogens is 3. The Balaban J connectivity index is 1.73. The van der Waals surface area contributed by atoms with Gasteiger partial charge < -0.3 is 5.32 Å². The van der Waals surface area contributed by atoms with Gasteiger partial charge in [0.05, 0.1) is 24.0 Å². The molecule has 1 amide bonds. The molecule has 0 aliphatic heterocycles. The summed E-state index contributed by atoms with van der Waals surface area (Å²) >= 11 is 1.40. The van der Waals surface area contributed by atoms with E-state index >= 15 is 0 Å². The molecule has 3 rings (SSSR count). The summed E-state index contributed by atoms with van der Waals surface area (Å²) < 4.78 is 1.67. The van der Waals surface area contributed by atoms with Crippen molar-refractivity contribution in [1.82, 2.24) is 14.8 Å². The SMILES string of the molecule is Cc1csc(NC(=O)CCn2ncc(=O)c3ccccc32)n1. The Morgan fingerprint density at radius 2 is 2.18 bits per heavy atom. The van der Waals surface area contributed by atoms with E-state index in [0.29, 0.717) is 17.1 Å². The van der Waals surface area contributed by atoms with Gasteiger partial charge in [-0.25, -0.2) is 4.98 Å². The normalized spacial score (nSPS) is 10.8. The molecular weight excluding hydrogens is 300 g/mol. The Morgan fingerprint density at radius 3 is 2.95 bits per heavy atom. The molecule has 2 aromatic heterocycles. The molecular formula is C15H14N4O2S. The van der Waals surface area contributed by atoms with Crippen molar-refractivity contribution in [3.63, 3.8) is 0 Å². The number of nitrogens with zero attached hydrogens (tertiary/aromatic N) is 3. The lowest BCUT2D eigenvalue weighted by Gasteiger charge is -2.08. The summed E-state index contributed by atoms with van der Waals surface area (Å²) in [5, 5.41) is 9.94. The van der Waals surface area contributed by atoms with Crippen molar-refractivity contribution in [1.29, 1.82) is 0 Å². The minimum Gasteiger partial charge on any atom is -0.302 e. The van der Waals surface area contributed by atoms with Gasteiger partial charge in [0, 0.05) is 17.2 Å². The van der Waals surface area contributed by atoms with E-state index in [1.54, 1.807) is 10.7 Å². The molecule has 0 saturated heterocycles. The Morgan fingerprint density at radius 1 is 1.36 bits per heavy atom. The van der Waals surface area contributed by atoms with Crippen LogP contribution in [0, 0.1) is 6.92 Å². The zero-order chi connectivity index (χ0) is 15.5. The molecule has 0 saturated carbocycles. The van der Waals surface area contributed by atoms with Crippen molar-refractivity contribution < 1.29 is 4.79 Å². The molecule has 7 heteroatoms. The molecule has 0 aliphatic carbocycles. The van der Waals surface area contributed by atoms with Crippen LogP contribution in [0.5, 0.6) is 0 Å². The fourth-order valence-corrected chi connectivity index (χ4v) is 2.84. The quantitative estimate of drug-likeness (QED) is 0.801. The number of carbonyl (C=O) groups excluding carboxylic acids is 1. The number of fused-ring (bicyclic) bond motifs is 1. The summed E-state index contributed by atoms with van der Waals surface area (Å²) in [6.07, 6.45) is 1.54. The number of benzene rings is 1. The van der Waals surface area contributed by atoms with Gasteiger partial charge in [-0.05, 0) is 19.1 Å². The number of rotatable bonds is 4. The van der Waals surface area contributed by atoms with Gasteiger partial charge in [0.25, 0.3) is 0 Å². The number of amides is 1. The van der Waals surface area contributed by atoms with Crippen LogP contribution < -0.4 is 10.7 Å². The molecule has 0 bridgehead atoms. The molecule has 6 nitrogen and oxygen atoms in total. The molecule has 0 spiro atoms. The topological polar surface area (TPSA) is 76.9 Å². The van der Waals surface area contributed by atoms with E-state index < -0.39 is 0 Å². The number of thiazole rings is 1. The molecule has 1 aromatic carbocycles. The summed E-state index contributed by atoms with van der Waals surface area (Å²) in [4.78, 5) is 27.9. The van der Waals surface area contributed by atoms with Gasteiger partial charge in [-0.15, -0.1) is 11.3 Å². The van der Waals surface area contributed by atoms with E-state index in [9.17, 15) is 9.59 Å².